The zero-order chi connectivity index (χ0) is 35.9. The van der Waals surface area contributed by atoms with Gasteiger partial charge in [0.15, 0.2) is 0 Å². The molecule has 6 fully saturated rings. The number of nitrogens with zero attached hydrogens (tertiary/aromatic N) is 2. The van der Waals surface area contributed by atoms with Crippen molar-refractivity contribution in [2.45, 2.75) is 156 Å². The zero-order valence-corrected chi connectivity index (χ0v) is 33.8. The highest BCUT2D eigenvalue weighted by atomic mass is 14.7. The minimum atomic E-state index is 0.494. The van der Waals surface area contributed by atoms with Crippen LogP contribution in [0.1, 0.15) is 167 Å². The van der Waals surface area contributed by atoms with E-state index in [4.69, 9.17) is 0 Å². The van der Waals surface area contributed by atoms with E-state index in [0.717, 1.165) is 59.2 Å². The molecule has 0 saturated heterocycles. The van der Waals surface area contributed by atoms with Crippen LogP contribution in [0.5, 0.6) is 0 Å². The molecular weight excluding hydrogens is 629 g/mol. The van der Waals surface area contributed by atoms with Gasteiger partial charge in [-0.2, -0.15) is 0 Å². The lowest BCUT2D eigenvalue weighted by Gasteiger charge is -2.58. The van der Waals surface area contributed by atoms with Gasteiger partial charge in [-0.25, -0.2) is 0 Å². The SMILES string of the molecule is C[C@H]1CC[C@@]2(C)C(=CCC3C2CC[C@@]2(C)C3CC[C@@H]2c2ccncc2)C1.C[C@H]1CC[C@@]2(C)C(=CCC3C4CCC(c5cccnc5)[C@@]4(C)CCC32)C1. The molecule has 2 heteroatoms. The number of fused-ring (bicyclic) bond motifs is 10. The maximum atomic E-state index is 4.44. The van der Waals surface area contributed by atoms with Gasteiger partial charge in [-0.1, -0.05) is 70.9 Å². The molecule has 0 N–H and O–H groups in total. The number of rotatable bonds is 2. The summed E-state index contributed by atoms with van der Waals surface area (Å²) in [4.78, 5) is 8.70. The van der Waals surface area contributed by atoms with Crippen molar-refractivity contribution in [2.24, 2.45) is 69.0 Å². The Morgan fingerprint density at radius 1 is 0.519 bits per heavy atom. The molecule has 0 amide bonds. The molecule has 8 aliphatic rings. The second kappa shape index (κ2) is 13.2. The number of aromatic nitrogens is 2. The summed E-state index contributed by atoms with van der Waals surface area (Å²) in [6.07, 6.45) is 36.2. The molecule has 2 nitrogen and oxygen atoms in total. The Morgan fingerprint density at radius 3 is 1.54 bits per heavy atom. The van der Waals surface area contributed by atoms with Gasteiger partial charge in [-0.3, -0.25) is 9.97 Å². The molecule has 7 unspecified atom stereocenters. The number of pyridine rings is 2. The predicted octanol–water partition coefficient (Wildman–Crippen LogP) is 13.5. The quantitative estimate of drug-likeness (QED) is 0.292. The first-order chi connectivity index (χ1) is 25.0. The molecule has 0 radical (unpaired) electrons. The highest BCUT2D eigenvalue weighted by molar-refractivity contribution is 5.30. The summed E-state index contributed by atoms with van der Waals surface area (Å²) in [5.41, 5.74) is 8.76. The molecule has 10 rings (SSSR count). The lowest BCUT2D eigenvalue weighted by Crippen LogP contribution is -2.49. The van der Waals surface area contributed by atoms with E-state index in [-0.39, 0.29) is 0 Å². The van der Waals surface area contributed by atoms with Crippen LogP contribution in [0.25, 0.3) is 0 Å². The van der Waals surface area contributed by atoms with Crippen LogP contribution < -0.4 is 0 Å². The zero-order valence-electron chi connectivity index (χ0n) is 33.8. The van der Waals surface area contributed by atoms with E-state index in [2.05, 4.69) is 94.1 Å². The van der Waals surface area contributed by atoms with E-state index in [1.54, 1.807) is 5.56 Å². The average molecular weight is 699 g/mol. The van der Waals surface area contributed by atoms with Crippen molar-refractivity contribution in [1.29, 1.82) is 0 Å². The molecule has 0 aliphatic heterocycles. The smallest absolute Gasteiger partial charge is 0.0302 e. The molecule has 2 heterocycles. The molecular formula is C50H70N2. The van der Waals surface area contributed by atoms with Crippen LogP contribution in [-0.2, 0) is 0 Å². The van der Waals surface area contributed by atoms with Crippen LogP contribution in [0.4, 0.5) is 0 Å². The van der Waals surface area contributed by atoms with Gasteiger partial charge in [0.2, 0.25) is 0 Å². The molecule has 0 bridgehead atoms. The first kappa shape index (κ1) is 35.5. The molecule has 14 atom stereocenters. The van der Waals surface area contributed by atoms with Crippen molar-refractivity contribution >= 4 is 0 Å². The highest BCUT2D eigenvalue weighted by Gasteiger charge is 2.60. The van der Waals surface area contributed by atoms with E-state index in [9.17, 15) is 0 Å². The van der Waals surface area contributed by atoms with E-state index in [1.807, 2.05) is 29.7 Å². The molecule has 0 aromatic carbocycles. The van der Waals surface area contributed by atoms with E-state index in [0.29, 0.717) is 21.7 Å². The van der Waals surface area contributed by atoms with Crippen LogP contribution in [0, 0.1) is 69.0 Å². The molecule has 52 heavy (non-hydrogen) atoms. The summed E-state index contributed by atoms with van der Waals surface area (Å²) in [6.45, 7) is 15.5. The summed E-state index contributed by atoms with van der Waals surface area (Å²) in [5.74, 6) is 8.88. The van der Waals surface area contributed by atoms with Crippen molar-refractivity contribution in [3.8, 4) is 0 Å². The fourth-order valence-corrected chi connectivity index (χ4v) is 16.0. The minimum absolute atomic E-state index is 0.494. The van der Waals surface area contributed by atoms with Crippen LogP contribution in [0.2, 0.25) is 0 Å². The number of hydrogen-bond donors (Lipinski definition) is 0. The third-order valence-corrected chi connectivity index (χ3v) is 18.9. The van der Waals surface area contributed by atoms with Gasteiger partial charge in [0, 0.05) is 24.8 Å². The Labute approximate surface area is 317 Å². The maximum Gasteiger partial charge on any atom is 0.0302 e. The predicted molar refractivity (Wildman–Crippen MR) is 216 cm³/mol. The topological polar surface area (TPSA) is 25.8 Å². The Balaban J connectivity index is 0.000000138. The molecule has 2 aromatic rings. The Morgan fingerprint density at radius 2 is 1.04 bits per heavy atom. The van der Waals surface area contributed by atoms with Gasteiger partial charge in [0.05, 0.1) is 0 Å². The van der Waals surface area contributed by atoms with Crippen molar-refractivity contribution in [2.75, 3.05) is 0 Å². The molecule has 8 aliphatic carbocycles. The van der Waals surface area contributed by atoms with Gasteiger partial charge >= 0.3 is 0 Å². The average Bonchev–Trinajstić information content (AvgIpc) is 3.70. The number of allylic oxidation sites excluding steroid dienone is 4. The minimum Gasteiger partial charge on any atom is -0.265 e. The van der Waals surface area contributed by atoms with Crippen molar-refractivity contribution in [1.82, 2.24) is 9.97 Å². The third kappa shape index (κ3) is 5.51. The Kier molecular flexibility index (Phi) is 9.02. The highest BCUT2D eigenvalue weighted by Crippen LogP contribution is 2.70. The first-order valence-electron chi connectivity index (χ1n) is 22.2. The van der Waals surface area contributed by atoms with Gasteiger partial charge < -0.3 is 0 Å². The van der Waals surface area contributed by atoms with Gasteiger partial charge in [-0.05, 0) is 213 Å². The lowest BCUT2D eigenvalue weighted by atomic mass is 9.47. The van der Waals surface area contributed by atoms with E-state index < -0.39 is 0 Å². The second-order valence-corrected chi connectivity index (χ2v) is 21.1. The van der Waals surface area contributed by atoms with Crippen molar-refractivity contribution in [3.05, 3.63) is 83.5 Å². The summed E-state index contributed by atoms with van der Waals surface area (Å²) >= 11 is 0. The monoisotopic (exact) mass is 699 g/mol. The first-order valence-corrected chi connectivity index (χ1v) is 22.2. The molecule has 0 spiro atoms. The molecule has 280 valence electrons. The fourth-order valence-electron chi connectivity index (χ4n) is 16.0. The molecule has 6 saturated carbocycles. The fraction of sp³-hybridized carbons (Fsp3) is 0.720. The van der Waals surface area contributed by atoms with Gasteiger partial charge in [0.1, 0.15) is 0 Å². The Hall–Kier alpha value is -2.22. The molecule has 2 aromatic heterocycles. The maximum absolute atomic E-state index is 4.44. The van der Waals surface area contributed by atoms with Crippen LogP contribution >= 0.6 is 0 Å². The largest absolute Gasteiger partial charge is 0.265 e. The van der Waals surface area contributed by atoms with Crippen molar-refractivity contribution in [3.63, 3.8) is 0 Å². The van der Waals surface area contributed by atoms with Crippen LogP contribution in [0.3, 0.4) is 0 Å². The standard InChI is InChI=1S/2C25H35N/c1-17-8-12-24(2)19(16-17)4-5-20-22-7-6-21(18-10-14-26-15-11-18)25(22,3)13-9-23(20)24;1-17-10-12-24(2)19(15-17)6-7-20-22-9-8-21(18-5-4-14-26-16-18)25(22,3)13-11-23(20)24/h4,10-11,14-15,17,20-23H,5-9,12-13,16H2,1-3H3;4-6,14,16-17,20-23H,7-13,15H2,1-3H3/t17-,20?,21+,22?,23?,24-,25+;17-,20?,21?,22?,23?,24-,25+/m00/s1. The summed E-state index contributed by atoms with van der Waals surface area (Å²) < 4.78 is 0. The third-order valence-electron chi connectivity index (χ3n) is 18.9. The van der Waals surface area contributed by atoms with Crippen LogP contribution in [-0.4, -0.2) is 9.97 Å². The van der Waals surface area contributed by atoms with Crippen LogP contribution in [0.15, 0.2) is 72.4 Å². The Bertz CT molecular complexity index is 1540. The van der Waals surface area contributed by atoms with Gasteiger partial charge in [0.25, 0.3) is 0 Å². The lowest BCUT2D eigenvalue weighted by molar-refractivity contribution is -0.0338. The van der Waals surface area contributed by atoms with Gasteiger partial charge in [-0.15, -0.1) is 0 Å². The normalized spacial score (nSPS) is 47.5. The summed E-state index contributed by atoms with van der Waals surface area (Å²) in [6, 6.07) is 9.04. The van der Waals surface area contributed by atoms with E-state index in [1.165, 1.54) is 108 Å². The second-order valence-electron chi connectivity index (χ2n) is 21.1. The van der Waals surface area contributed by atoms with Crippen molar-refractivity contribution < 1.29 is 0 Å². The summed E-state index contributed by atoms with van der Waals surface area (Å²) in [7, 11) is 0. The van der Waals surface area contributed by atoms with E-state index >= 15 is 0 Å². The summed E-state index contributed by atoms with van der Waals surface area (Å²) in [5, 5.41) is 0. The number of hydrogen-bond acceptors (Lipinski definition) is 2.